The minimum absolute atomic E-state index is 0.365. The van der Waals surface area contributed by atoms with Crippen LogP contribution in [0.2, 0.25) is 0 Å². The Morgan fingerprint density at radius 3 is 2.83 bits per heavy atom. The van der Waals surface area contributed by atoms with Crippen LogP contribution in [-0.4, -0.2) is 26.5 Å². The lowest BCUT2D eigenvalue weighted by atomic mass is 10.2. The van der Waals surface area contributed by atoms with Crippen molar-refractivity contribution >= 4 is 11.8 Å². The molecule has 0 aliphatic carbocycles. The van der Waals surface area contributed by atoms with Crippen LogP contribution in [0, 0.1) is 6.92 Å². The molecule has 2 rings (SSSR count). The predicted octanol–water partition coefficient (Wildman–Crippen LogP) is 2.42. The van der Waals surface area contributed by atoms with Crippen molar-refractivity contribution in [1.29, 1.82) is 0 Å². The van der Waals surface area contributed by atoms with E-state index in [1.54, 1.807) is 18.0 Å². The van der Waals surface area contributed by atoms with Crippen LogP contribution < -0.4 is 0 Å². The zero-order chi connectivity index (χ0) is 13.0. The molecule has 96 valence electrons. The Balaban J connectivity index is 1.87. The number of rotatable bonds is 5. The van der Waals surface area contributed by atoms with E-state index in [0.717, 1.165) is 5.82 Å². The van der Waals surface area contributed by atoms with Crippen molar-refractivity contribution in [3.8, 4) is 0 Å². The van der Waals surface area contributed by atoms with Gasteiger partial charge in [0.15, 0.2) is 0 Å². The molecule has 1 heterocycles. The highest BCUT2D eigenvalue weighted by Gasteiger charge is 2.10. The number of aliphatic hydroxyl groups is 1. The van der Waals surface area contributed by atoms with Crippen LogP contribution in [-0.2, 0) is 13.5 Å². The first-order valence-corrected chi connectivity index (χ1v) is 6.98. The molecule has 0 saturated heterocycles. The van der Waals surface area contributed by atoms with Crippen molar-refractivity contribution in [2.45, 2.75) is 24.3 Å². The van der Waals surface area contributed by atoms with Gasteiger partial charge >= 0.3 is 0 Å². The largest absolute Gasteiger partial charge is 0.392 e. The van der Waals surface area contributed by atoms with Gasteiger partial charge < -0.3 is 9.67 Å². The lowest BCUT2D eigenvalue weighted by molar-refractivity contribution is 0.196. The van der Waals surface area contributed by atoms with Gasteiger partial charge in [-0.25, -0.2) is 4.98 Å². The highest BCUT2D eigenvalue weighted by Crippen LogP contribution is 2.22. The normalized spacial score (nSPS) is 12.6. The lowest BCUT2D eigenvalue weighted by Crippen LogP contribution is -2.16. The van der Waals surface area contributed by atoms with Gasteiger partial charge in [-0.15, -0.1) is 11.8 Å². The Bertz CT molecular complexity index is 510. The van der Waals surface area contributed by atoms with Gasteiger partial charge in [-0.1, -0.05) is 18.2 Å². The van der Waals surface area contributed by atoms with Gasteiger partial charge in [0.1, 0.15) is 5.82 Å². The van der Waals surface area contributed by atoms with Crippen molar-refractivity contribution in [2.24, 2.45) is 7.05 Å². The average molecular weight is 262 g/mol. The number of aromatic nitrogens is 2. The Labute approximate surface area is 112 Å². The number of hydrogen-bond acceptors (Lipinski definition) is 3. The molecule has 1 unspecified atom stereocenters. The Morgan fingerprint density at radius 2 is 2.17 bits per heavy atom. The lowest BCUT2D eigenvalue weighted by Gasteiger charge is -2.11. The van der Waals surface area contributed by atoms with E-state index >= 15 is 0 Å². The third kappa shape index (κ3) is 3.37. The smallest absolute Gasteiger partial charge is 0.110 e. The van der Waals surface area contributed by atoms with Crippen LogP contribution in [0.5, 0.6) is 0 Å². The maximum atomic E-state index is 10.0. The summed E-state index contributed by atoms with van der Waals surface area (Å²) in [5, 5.41) is 10.0. The zero-order valence-corrected chi connectivity index (χ0v) is 11.5. The van der Waals surface area contributed by atoms with Crippen molar-refractivity contribution < 1.29 is 5.11 Å². The van der Waals surface area contributed by atoms with Crippen molar-refractivity contribution in [2.75, 3.05) is 5.75 Å². The summed E-state index contributed by atoms with van der Waals surface area (Å²) >= 11 is 1.70. The zero-order valence-electron chi connectivity index (χ0n) is 10.7. The van der Waals surface area contributed by atoms with Crippen LogP contribution in [0.4, 0.5) is 0 Å². The van der Waals surface area contributed by atoms with E-state index in [-0.39, 0.29) is 6.10 Å². The third-order valence-electron chi connectivity index (χ3n) is 2.86. The topological polar surface area (TPSA) is 38.1 Å². The molecule has 0 spiro atoms. The van der Waals surface area contributed by atoms with E-state index in [1.165, 1.54) is 10.5 Å². The molecule has 0 amide bonds. The molecule has 0 radical (unpaired) electrons. The Morgan fingerprint density at radius 1 is 1.39 bits per heavy atom. The second-order valence-corrected chi connectivity index (χ2v) is 5.45. The molecule has 3 nitrogen and oxygen atoms in total. The number of benzene rings is 1. The number of aryl methyl sites for hydroxylation is 2. The second-order valence-electron chi connectivity index (χ2n) is 4.39. The molecular formula is C14H18N2OS. The van der Waals surface area contributed by atoms with Crippen LogP contribution in [0.3, 0.4) is 0 Å². The van der Waals surface area contributed by atoms with Crippen LogP contribution in [0.1, 0.15) is 11.4 Å². The molecule has 4 heteroatoms. The fourth-order valence-electron chi connectivity index (χ4n) is 1.77. The first-order valence-electron chi connectivity index (χ1n) is 5.99. The monoisotopic (exact) mass is 262 g/mol. The molecule has 0 saturated carbocycles. The molecule has 2 aromatic rings. The molecular weight excluding hydrogens is 244 g/mol. The summed E-state index contributed by atoms with van der Waals surface area (Å²) in [6.45, 7) is 2.09. The molecule has 1 aromatic heterocycles. The predicted molar refractivity (Wildman–Crippen MR) is 74.8 cm³/mol. The number of thioether (sulfide) groups is 1. The SMILES string of the molecule is Cc1ccccc1SCC(O)Cc1nccn1C. The van der Waals surface area contributed by atoms with Gasteiger partial charge in [0, 0.05) is 36.5 Å². The highest BCUT2D eigenvalue weighted by atomic mass is 32.2. The number of aliphatic hydroxyl groups excluding tert-OH is 1. The molecule has 1 N–H and O–H groups in total. The first kappa shape index (κ1) is 13.2. The molecule has 0 bridgehead atoms. The van der Waals surface area contributed by atoms with Crippen LogP contribution in [0.25, 0.3) is 0 Å². The third-order valence-corrected chi connectivity index (χ3v) is 4.18. The van der Waals surface area contributed by atoms with E-state index in [2.05, 4.69) is 24.0 Å². The number of imidazole rings is 1. The first-order chi connectivity index (χ1) is 8.66. The van der Waals surface area contributed by atoms with Gasteiger partial charge in [-0.05, 0) is 18.6 Å². The van der Waals surface area contributed by atoms with Crippen LogP contribution >= 0.6 is 11.8 Å². The fraction of sp³-hybridized carbons (Fsp3) is 0.357. The number of nitrogens with zero attached hydrogens (tertiary/aromatic N) is 2. The second kappa shape index (κ2) is 6.07. The van der Waals surface area contributed by atoms with Crippen LogP contribution in [0.15, 0.2) is 41.6 Å². The quantitative estimate of drug-likeness (QED) is 0.841. The van der Waals surface area contributed by atoms with E-state index in [9.17, 15) is 5.11 Å². The van der Waals surface area contributed by atoms with Gasteiger partial charge in [0.2, 0.25) is 0 Å². The molecule has 0 aliphatic rings. The summed E-state index contributed by atoms with van der Waals surface area (Å²) in [5.74, 6) is 1.62. The summed E-state index contributed by atoms with van der Waals surface area (Å²) in [6, 6.07) is 8.24. The van der Waals surface area contributed by atoms with Gasteiger partial charge in [-0.3, -0.25) is 0 Å². The van der Waals surface area contributed by atoms with Crippen molar-refractivity contribution in [3.05, 3.63) is 48.0 Å². The van der Waals surface area contributed by atoms with Crippen molar-refractivity contribution in [1.82, 2.24) is 9.55 Å². The Kier molecular flexibility index (Phi) is 4.44. The number of hydrogen-bond donors (Lipinski definition) is 1. The Hall–Kier alpha value is -1.26. The summed E-state index contributed by atoms with van der Waals surface area (Å²) < 4.78 is 1.95. The maximum Gasteiger partial charge on any atom is 0.110 e. The molecule has 18 heavy (non-hydrogen) atoms. The molecule has 1 aromatic carbocycles. The molecule has 1 atom stereocenters. The average Bonchev–Trinajstić information content (AvgIpc) is 2.74. The van der Waals surface area contributed by atoms with E-state index in [0.29, 0.717) is 12.2 Å². The molecule has 0 aliphatic heterocycles. The minimum atomic E-state index is -0.365. The minimum Gasteiger partial charge on any atom is -0.392 e. The fourth-order valence-corrected chi connectivity index (χ4v) is 2.73. The summed E-state index contributed by atoms with van der Waals surface area (Å²) in [5.41, 5.74) is 1.26. The van der Waals surface area contributed by atoms with E-state index in [4.69, 9.17) is 0 Å². The standard InChI is InChI=1S/C14H18N2OS/c1-11-5-3-4-6-13(11)18-10-12(17)9-14-15-7-8-16(14)2/h3-8,12,17H,9-10H2,1-2H3. The van der Waals surface area contributed by atoms with E-state index in [1.807, 2.05) is 29.9 Å². The summed E-state index contributed by atoms with van der Waals surface area (Å²) in [6.07, 6.45) is 3.89. The highest BCUT2D eigenvalue weighted by molar-refractivity contribution is 7.99. The summed E-state index contributed by atoms with van der Waals surface area (Å²) in [4.78, 5) is 5.45. The van der Waals surface area contributed by atoms with E-state index < -0.39 is 0 Å². The summed E-state index contributed by atoms with van der Waals surface area (Å²) in [7, 11) is 1.95. The van der Waals surface area contributed by atoms with Gasteiger partial charge in [0.25, 0.3) is 0 Å². The van der Waals surface area contributed by atoms with Crippen molar-refractivity contribution in [3.63, 3.8) is 0 Å². The maximum absolute atomic E-state index is 10.0. The van der Waals surface area contributed by atoms with Gasteiger partial charge in [-0.2, -0.15) is 0 Å². The molecule has 0 fully saturated rings. The van der Waals surface area contributed by atoms with Gasteiger partial charge in [0.05, 0.1) is 6.10 Å².